The molecule has 0 saturated heterocycles. The van der Waals surface area contributed by atoms with Crippen molar-refractivity contribution in [1.29, 1.82) is 0 Å². The Hall–Kier alpha value is -1.42. The fourth-order valence-electron chi connectivity index (χ4n) is 2.67. The Kier molecular flexibility index (Phi) is 4.53. The van der Waals surface area contributed by atoms with E-state index in [1.807, 2.05) is 0 Å². The molecule has 0 heterocycles. The summed E-state index contributed by atoms with van der Waals surface area (Å²) in [4.78, 5) is 12.3. The summed E-state index contributed by atoms with van der Waals surface area (Å²) in [6.07, 6.45) is 4.87. The summed E-state index contributed by atoms with van der Waals surface area (Å²) in [6, 6.07) is 4.66. The van der Waals surface area contributed by atoms with E-state index in [1.165, 1.54) is 6.07 Å². The van der Waals surface area contributed by atoms with Gasteiger partial charge in [-0.3, -0.25) is 4.79 Å². The third-order valence-corrected chi connectivity index (χ3v) is 3.88. The number of carbonyl (C=O) groups excluding carboxylic acids is 1. The Morgan fingerprint density at radius 3 is 2.79 bits per heavy atom. The molecular weight excluding hydrogens is 243 g/mol. The largest absolute Gasteiger partial charge is 0.327 e. The summed E-state index contributed by atoms with van der Waals surface area (Å²) in [5.41, 5.74) is 7.07. The second kappa shape index (κ2) is 6.15. The van der Waals surface area contributed by atoms with Crippen LogP contribution in [0, 0.1) is 18.7 Å². The second-order valence-electron chi connectivity index (χ2n) is 5.33. The van der Waals surface area contributed by atoms with E-state index in [-0.39, 0.29) is 23.6 Å². The minimum atomic E-state index is -0.393. The van der Waals surface area contributed by atoms with Gasteiger partial charge < -0.3 is 11.1 Å². The molecule has 3 N–H and O–H groups in total. The lowest BCUT2D eigenvalue weighted by molar-refractivity contribution is -0.120. The average molecular weight is 264 g/mol. The van der Waals surface area contributed by atoms with Gasteiger partial charge in [-0.15, -0.1) is 0 Å². The number of rotatable bonds is 2. The van der Waals surface area contributed by atoms with Crippen LogP contribution in [0.5, 0.6) is 0 Å². The van der Waals surface area contributed by atoms with E-state index in [0.29, 0.717) is 0 Å². The van der Waals surface area contributed by atoms with E-state index in [0.717, 1.165) is 37.7 Å². The van der Waals surface area contributed by atoms with Gasteiger partial charge in [0.05, 0.1) is 11.6 Å². The predicted octanol–water partition coefficient (Wildman–Crippen LogP) is 2.98. The number of anilines is 1. The second-order valence-corrected chi connectivity index (χ2v) is 5.33. The van der Waals surface area contributed by atoms with Crippen molar-refractivity contribution in [2.45, 2.75) is 45.1 Å². The van der Waals surface area contributed by atoms with Gasteiger partial charge in [0.2, 0.25) is 5.91 Å². The van der Waals surface area contributed by atoms with Gasteiger partial charge in [0, 0.05) is 6.04 Å². The highest BCUT2D eigenvalue weighted by atomic mass is 19.1. The highest BCUT2D eigenvalue weighted by molar-refractivity contribution is 5.93. The summed E-state index contributed by atoms with van der Waals surface area (Å²) in [5.74, 6) is -0.750. The molecule has 2 unspecified atom stereocenters. The maximum Gasteiger partial charge on any atom is 0.229 e. The summed E-state index contributed by atoms with van der Waals surface area (Å²) < 4.78 is 13.7. The van der Waals surface area contributed by atoms with Gasteiger partial charge in [0.15, 0.2) is 0 Å². The molecule has 0 aliphatic heterocycles. The van der Waals surface area contributed by atoms with Crippen LogP contribution in [0.25, 0.3) is 0 Å². The van der Waals surface area contributed by atoms with E-state index in [4.69, 9.17) is 5.73 Å². The zero-order valence-electron chi connectivity index (χ0n) is 11.3. The molecule has 1 fully saturated rings. The number of nitrogens with one attached hydrogen (secondary N) is 1. The summed E-state index contributed by atoms with van der Waals surface area (Å²) in [7, 11) is 0. The van der Waals surface area contributed by atoms with Crippen LogP contribution in [0.15, 0.2) is 18.2 Å². The number of para-hydroxylation sites is 1. The van der Waals surface area contributed by atoms with Crippen molar-refractivity contribution in [3.8, 4) is 0 Å². The zero-order chi connectivity index (χ0) is 13.8. The Morgan fingerprint density at radius 1 is 1.32 bits per heavy atom. The van der Waals surface area contributed by atoms with E-state index < -0.39 is 5.82 Å². The maximum atomic E-state index is 13.7. The van der Waals surface area contributed by atoms with Crippen molar-refractivity contribution in [2.24, 2.45) is 11.7 Å². The molecule has 1 saturated carbocycles. The van der Waals surface area contributed by atoms with Crippen molar-refractivity contribution < 1.29 is 9.18 Å². The molecule has 1 aromatic rings. The van der Waals surface area contributed by atoms with Crippen LogP contribution in [0.4, 0.5) is 10.1 Å². The zero-order valence-corrected chi connectivity index (χ0v) is 11.3. The number of hydrogen-bond donors (Lipinski definition) is 2. The van der Waals surface area contributed by atoms with Crippen molar-refractivity contribution >= 4 is 11.6 Å². The van der Waals surface area contributed by atoms with Crippen LogP contribution >= 0.6 is 0 Å². The third kappa shape index (κ3) is 3.32. The fraction of sp³-hybridized carbons (Fsp3) is 0.533. The normalized spacial score (nSPS) is 23.7. The first-order valence-corrected chi connectivity index (χ1v) is 6.91. The van der Waals surface area contributed by atoms with E-state index in [9.17, 15) is 9.18 Å². The average Bonchev–Trinajstić information content (AvgIpc) is 2.58. The molecule has 2 rings (SSSR count). The van der Waals surface area contributed by atoms with Gasteiger partial charge in [-0.05, 0) is 31.4 Å². The molecular formula is C15H21FN2O. The molecule has 1 aliphatic rings. The number of carbonyl (C=O) groups is 1. The summed E-state index contributed by atoms with van der Waals surface area (Å²) in [6.45, 7) is 1.78. The summed E-state index contributed by atoms with van der Waals surface area (Å²) >= 11 is 0. The standard InChI is InChI=1S/C15H21FN2O/c1-10-6-5-8-12(16)14(10)18-15(19)11-7-3-2-4-9-13(11)17/h5-6,8,11,13H,2-4,7,9,17H2,1H3,(H,18,19). The van der Waals surface area contributed by atoms with Crippen LogP contribution in [0.3, 0.4) is 0 Å². The maximum absolute atomic E-state index is 13.7. The van der Waals surface area contributed by atoms with E-state index in [1.54, 1.807) is 19.1 Å². The molecule has 1 aliphatic carbocycles. The minimum Gasteiger partial charge on any atom is -0.327 e. The van der Waals surface area contributed by atoms with Gasteiger partial charge in [-0.25, -0.2) is 4.39 Å². The molecule has 0 bridgehead atoms. The highest BCUT2D eigenvalue weighted by Crippen LogP contribution is 2.25. The lowest BCUT2D eigenvalue weighted by Crippen LogP contribution is -2.38. The molecule has 2 atom stereocenters. The van der Waals surface area contributed by atoms with Crippen LogP contribution in [0.1, 0.15) is 37.7 Å². The van der Waals surface area contributed by atoms with E-state index in [2.05, 4.69) is 5.32 Å². The quantitative estimate of drug-likeness (QED) is 0.807. The number of nitrogens with two attached hydrogens (primary N) is 1. The first-order valence-electron chi connectivity index (χ1n) is 6.91. The Bertz CT molecular complexity index is 441. The highest BCUT2D eigenvalue weighted by Gasteiger charge is 2.27. The lowest BCUT2D eigenvalue weighted by atomic mass is 9.94. The Morgan fingerprint density at radius 2 is 2.05 bits per heavy atom. The smallest absolute Gasteiger partial charge is 0.229 e. The topological polar surface area (TPSA) is 55.1 Å². The number of halogens is 1. The Balaban J connectivity index is 2.11. The molecule has 1 amide bonds. The third-order valence-electron chi connectivity index (χ3n) is 3.88. The number of amides is 1. The van der Waals surface area contributed by atoms with Crippen molar-refractivity contribution in [2.75, 3.05) is 5.32 Å². The Labute approximate surface area is 113 Å². The number of benzene rings is 1. The number of aryl methyl sites for hydroxylation is 1. The molecule has 3 nitrogen and oxygen atoms in total. The molecule has 104 valence electrons. The first kappa shape index (κ1) is 14.0. The molecule has 0 radical (unpaired) electrons. The molecule has 0 aromatic heterocycles. The van der Waals surface area contributed by atoms with E-state index >= 15 is 0 Å². The van der Waals surface area contributed by atoms with Gasteiger partial charge in [0.1, 0.15) is 5.82 Å². The van der Waals surface area contributed by atoms with Crippen LogP contribution in [-0.2, 0) is 4.79 Å². The van der Waals surface area contributed by atoms with Crippen LogP contribution < -0.4 is 11.1 Å². The van der Waals surface area contributed by atoms with Crippen molar-refractivity contribution in [1.82, 2.24) is 0 Å². The van der Waals surface area contributed by atoms with Crippen molar-refractivity contribution in [3.63, 3.8) is 0 Å². The lowest BCUT2D eigenvalue weighted by Gasteiger charge is -2.21. The van der Waals surface area contributed by atoms with Crippen molar-refractivity contribution in [3.05, 3.63) is 29.6 Å². The minimum absolute atomic E-state index is 0.116. The predicted molar refractivity (Wildman–Crippen MR) is 74.3 cm³/mol. The van der Waals surface area contributed by atoms with Gasteiger partial charge in [-0.1, -0.05) is 31.4 Å². The molecule has 1 aromatic carbocycles. The van der Waals surface area contributed by atoms with Gasteiger partial charge >= 0.3 is 0 Å². The molecule has 4 heteroatoms. The van der Waals surface area contributed by atoms with Crippen LogP contribution in [0.2, 0.25) is 0 Å². The monoisotopic (exact) mass is 264 g/mol. The summed E-state index contributed by atoms with van der Waals surface area (Å²) in [5, 5.41) is 2.71. The van der Waals surface area contributed by atoms with Gasteiger partial charge in [-0.2, -0.15) is 0 Å². The first-order chi connectivity index (χ1) is 9.09. The fourth-order valence-corrected chi connectivity index (χ4v) is 2.67. The SMILES string of the molecule is Cc1cccc(F)c1NC(=O)C1CCCCCC1N. The molecule has 0 spiro atoms. The van der Waals surface area contributed by atoms with Crippen LogP contribution in [-0.4, -0.2) is 11.9 Å². The molecule has 19 heavy (non-hydrogen) atoms. The number of hydrogen-bond acceptors (Lipinski definition) is 2. The van der Waals surface area contributed by atoms with Gasteiger partial charge in [0.25, 0.3) is 0 Å².